The molecule has 0 saturated carbocycles. The number of hydroxylamine groups is 1. The Hall–Kier alpha value is -2.77. The minimum atomic E-state index is -0.517. The maximum Gasteiger partial charge on any atom is 0.269 e. The molecule has 7 heteroatoms. The number of anilines is 1. The molecule has 3 atom stereocenters. The van der Waals surface area contributed by atoms with Gasteiger partial charge in [-0.15, -0.1) is 0 Å². The van der Waals surface area contributed by atoms with Crippen LogP contribution in [0, 0.1) is 16.0 Å². The summed E-state index contributed by atoms with van der Waals surface area (Å²) < 4.78 is 5.59. The summed E-state index contributed by atoms with van der Waals surface area (Å²) in [6.07, 6.45) is 0.296. The Labute approximate surface area is 143 Å². The number of benzene rings is 2. The first kappa shape index (κ1) is 15.7. The number of fused-ring (bicyclic) bond motifs is 1. The number of para-hydroxylation sites is 1. The molecule has 2 aliphatic heterocycles. The van der Waals surface area contributed by atoms with Crippen LogP contribution in [0.3, 0.4) is 0 Å². The highest BCUT2D eigenvalue weighted by atomic mass is 16.8. The van der Waals surface area contributed by atoms with Crippen LogP contribution in [0.15, 0.2) is 54.6 Å². The van der Waals surface area contributed by atoms with Gasteiger partial charge in [-0.05, 0) is 30.7 Å². The van der Waals surface area contributed by atoms with E-state index in [0.29, 0.717) is 12.2 Å². The monoisotopic (exact) mass is 340 g/mol. The topological polar surface area (TPSA) is 81.9 Å². The van der Waals surface area contributed by atoms with Crippen molar-refractivity contribution < 1.29 is 19.3 Å². The summed E-state index contributed by atoms with van der Waals surface area (Å²) in [6.45, 7) is 0.558. The largest absolute Gasteiger partial charge is 0.350 e. The van der Waals surface area contributed by atoms with Crippen molar-refractivity contribution in [1.29, 1.82) is 0 Å². The van der Waals surface area contributed by atoms with Gasteiger partial charge < -0.3 is 4.74 Å². The summed E-state index contributed by atoms with van der Waals surface area (Å²) >= 11 is 0. The summed E-state index contributed by atoms with van der Waals surface area (Å²) in [4.78, 5) is 29.3. The summed E-state index contributed by atoms with van der Waals surface area (Å²) in [5, 5.41) is 12.4. The molecule has 2 fully saturated rings. The zero-order valence-electron chi connectivity index (χ0n) is 13.3. The molecule has 2 aromatic rings. The molecule has 2 saturated heterocycles. The van der Waals surface area contributed by atoms with Gasteiger partial charge in [0.05, 0.1) is 17.2 Å². The lowest BCUT2D eigenvalue weighted by Crippen LogP contribution is -2.39. The number of Topliss-reactive ketones (excluding diaryl/α,β-unsaturated/α-hetero) is 1. The number of rotatable bonds is 4. The fraction of sp³-hybridized carbons (Fsp3) is 0.278. The van der Waals surface area contributed by atoms with Gasteiger partial charge >= 0.3 is 0 Å². The molecular weight excluding hydrogens is 324 g/mol. The van der Waals surface area contributed by atoms with Gasteiger partial charge in [0, 0.05) is 23.6 Å². The maximum absolute atomic E-state index is 13.1. The number of nitro benzene ring substituents is 1. The van der Waals surface area contributed by atoms with Crippen molar-refractivity contribution in [2.24, 2.45) is 5.92 Å². The quantitative estimate of drug-likeness (QED) is 0.483. The normalized spacial score (nSPS) is 25.0. The Morgan fingerprint density at radius 2 is 1.84 bits per heavy atom. The van der Waals surface area contributed by atoms with Crippen LogP contribution >= 0.6 is 0 Å². The summed E-state index contributed by atoms with van der Waals surface area (Å²) in [5.74, 6) is -0.195. The first-order valence-corrected chi connectivity index (χ1v) is 8.06. The van der Waals surface area contributed by atoms with Gasteiger partial charge in [0.1, 0.15) is 6.04 Å². The molecule has 0 aromatic heterocycles. The van der Waals surface area contributed by atoms with Crippen LogP contribution in [-0.4, -0.2) is 29.6 Å². The molecule has 2 aliphatic rings. The van der Waals surface area contributed by atoms with Gasteiger partial charge in [-0.25, -0.2) is 9.90 Å². The van der Waals surface area contributed by atoms with Crippen molar-refractivity contribution in [3.63, 3.8) is 0 Å². The van der Waals surface area contributed by atoms with E-state index in [1.807, 2.05) is 30.3 Å². The fourth-order valence-corrected chi connectivity index (χ4v) is 3.36. The first-order chi connectivity index (χ1) is 12.1. The van der Waals surface area contributed by atoms with E-state index in [-0.39, 0.29) is 17.4 Å². The second-order valence-electron chi connectivity index (χ2n) is 6.07. The molecule has 128 valence electrons. The number of carbonyl (C=O) groups excluding carboxylic acids is 1. The molecule has 2 aromatic carbocycles. The zero-order chi connectivity index (χ0) is 17.4. The molecule has 4 rings (SSSR count). The van der Waals surface area contributed by atoms with Crippen LogP contribution in [0.5, 0.6) is 0 Å². The Balaban J connectivity index is 1.66. The van der Waals surface area contributed by atoms with Crippen molar-refractivity contribution in [1.82, 2.24) is 0 Å². The standard InChI is InChI=1S/C18H16N2O5/c21-17(12-6-8-14(9-7-12)20(22)23)16-15-10-11-24-18(15)25-19(16)13-4-2-1-3-5-13/h1-9,15-16,18H,10-11H2/t15-,16+,18+/m0/s1. The number of nitrogens with zero attached hydrogens (tertiary/aromatic N) is 2. The van der Waals surface area contributed by atoms with E-state index in [2.05, 4.69) is 0 Å². The van der Waals surface area contributed by atoms with E-state index >= 15 is 0 Å². The Kier molecular flexibility index (Phi) is 3.95. The highest BCUT2D eigenvalue weighted by Gasteiger charge is 2.50. The highest BCUT2D eigenvalue weighted by molar-refractivity contribution is 6.02. The number of carbonyl (C=O) groups is 1. The molecule has 0 radical (unpaired) electrons. The third-order valence-corrected chi connectivity index (χ3v) is 4.60. The third kappa shape index (κ3) is 2.77. The second-order valence-corrected chi connectivity index (χ2v) is 6.07. The van der Waals surface area contributed by atoms with Crippen molar-refractivity contribution in [2.75, 3.05) is 11.7 Å². The molecule has 25 heavy (non-hydrogen) atoms. The van der Waals surface area contributed by atoms with Crippen LogP contribution in [0.25, 0.3) is 0 Å². The fourth-order valence-electron chi connectivity index (χ4n) is 3.36. The third-order valence-electron chi connectivity index (χ3n) is 4.60. The van der Waals surface area contributed by atoms with E-state index in [0.717, 1.165) is 12.1 Å². The molecule has 0 aliphatic carbocycles. The Bertz CT molecular complexity index is 793. The van der Waals surface area contributed by atoms with E-state index in [9.17, 15) is 14.9 Å². The number of hydrogen-bond donors (Lipinski definition) is 0. The van der Waals surface area contributed by atoms with Crippen LogP contribution in [0.2, 0.25) is 0 Å². The Morgan fingerprint density at radius 1 is 1.12 bits per heavy atom. The molecular formula is C18H16N2O5. The predicted octanol–water partition coefficient (Wildman–Crippen LogP) is 2.96. The van der Waals surface area contributed by atoms with E-state index in [4.69, 9.17) is 9.57 Å². The van der Waals surface area contributed by atoms with E-state index < -0.39 is 17.3 Å². The summed E-state index contributed by atoms with van der Waals surface area (Å²) in [5.41, 5.74) is 1.16. The van der Waals surface area contributed by atoms with Crippen molar-refractivity contribution in [3.05, 3.63) is 70.3 Å². The van der Waals surface area contributed by atoms with Gasteiger partial charge in [0.2, 0.25) is 0 Å². The smallest absolute Gasteiger partial charge is 0.269 e. The predicted molar refractivity (Wildman–Crippen MR) is 89.1 cm³/mol. The second kappa shape index (κ2) is 6.27. The number of hydrogen-bond acceptors (Lipinski definition) is 6. The number of nitro groups is 1. The van der Waals surface area contributed by atoms with Crippen molar-refractivity contribution in [2.45, 2.75) is 18.8 Å². The van der Waals surface area contributed by atoms with Gasteiger partial charge in [-0.3, -0.25) is 14.9 Å². The van der Waals surface area contributed by atoms with Gasteiger partial charge in [-0.2, -0.15) is 0 Å². The van der Waals surface area contributed by atoms with Crippen molar-refractivity contribution >= 4 is 17.2 Å². The van der Waals surface area contributed by atoms with Crippen LogP contribution in [0.4, 0.5) is 11.4 Å². The number of ether oxygens (including phenoxy) is 1. The average molecular weight is 340 g/mol. The number of ketones is 1. The first-order valence-electron chi connectivity index (χ1n) is 8.06. The minimum Gasteiger partial charge on any atom is -0.350 e. The maximum atomic E-state index is 13.1. The molecule has 0 unspecified atom stereocenters. The Morgan fingerprint density at radius 3 is 2.52 bits per heavy atom. The average Bonchev–Trinajstić information content (AvgIpc) is 3.23. The highest BCUT2D eigenvalue weighted by Crippen LogP contribution is 2.39. The molecule has 0 N–H and O–H groups in total. The molecule has 7 nitrogen and oxygen atoms in total. The van der Waals surface area contributed by atoms with Crippen molar-refractivity contribution in [3.8, 4) is 0 Å². The molecule has 0 amide bonds. The number of non-ortho nitro benzene ring substituents is 1. The summed E-state index contributed by atoms with van der Waals surface area (Å²) in [7, 11) is 0. The molecule has 2 heterocycles. The lowest BCUT2D eigenvalue weighted by molar-refractivity contribution is -0.384. The van der Waals surface area contributed by atoms with E-state index in [1.54, 1.807) is 5.06 Å². The minimum absolute atomic E-state index is 0.0405. The molecule has 0 bridgehead atoms. The lowest BCUT2D eigenvalue weighted by atomic mass is 9.91. The van der Waals surface area contributed by atoms with E-state index in [1.165, 1.54) is 24.3 Å². The summed E-state index contributed by atoms with van der Waals surface area (Å²) in [6, 6.07) is 14.5. The van der Waals surface area contributed by atoms with Crippen LogP contribution in [0.1, 0.15) is 16.8 Å². The van der Waals surface area contributed by atoms with Gasteiger partial charge in [0.25, 0.3) is 5.69 Å². The van der Waals surface area contributed by atoms with Crippen LogP contribution in [-0.2, 0) is 9.57 Å². The van der Waals surface area contributed by atoms with Gasteiger partial charge in [0.15, 0.2) is 12.1 Å². The van der Waals surface area contributed by atoms with Gasteiger partial charge in [-0.1, -0.05) is 18.2 Å². The van der Waals surface area contributed by atoms with Crippen LogP contribution < -0.4 is 5.06 Å². The molecule has 0 spiro atoms. The zero-order valence-corrected chi connectivity index (χ0v) is 13.3. The SMILES string of the molecule is O=C(c1ccc([N+](=O)[O-])cc1)[C@H]1[C@@H]2CCO[C@@H]2ON1c1ccccc1. The lowest BCUT2D eigenvalue weighted by Gasteiger charge is -2.25.